The molecule has 0 aliphatic carbocycles. The minimum atomic E-state index is 0.758. The molecule has 0 amide bonds. The van der Waals surface area contributed by atoms with E-state index in [1.807, 2.05) is 0 Å². The first-order valence-electron chi connectivity index (χ1n) is 8.64. The molecule has 1 aromatic carbocycles. The maximum absolute atomic E-state index is 4.61. The van der Waals surface area contributed by atoms with Crippen molar-refractivity contribution < 1.29 is 0 Å². The zero-order valence-corrected chi connectivity index (χ0v) is 13.1. The van der Waals surface area contributed by atoms with Gasteiger partial charge in [-0.05, 0) is 30.5 Å². The third kappa shape index (κ3) is 2.14. The SMILES string of the molecule is C[C@H]1CCC[N+]1(c1ccc2c(c1)C[N]CC2)[C@H]1CCNC1. The topological polar surface area (TPSA) is 26.1 Å². The molecule has 2 saturated heterocycles. The normalized spacial score (nSPS) is 35.9. The summed E-state index contributed by atoms with van der Waals surface area (Å²) >= 11 is 0. The van der Waals surface area contributed by atoms with Crippen LogP contribution in [-0.2, 0) is 13.0 Å². The van der Waals surface area contributed by atoms with Crippen LogP contribution in [0, 0.1) is 0 Å². The number of hydrogen-bond acceptors (Lipinski definition) is 1. The maximum atomic E-state index is 4.61. The van der Waals surface area contributed by atoms with Crippen LogP contribution in [0.3, 0.4) is 0 Å². The lowest BCUT2D eigenvalue weighted by molar-refractivity contribution is 0.203. The first-order chi connectivity index (χ1) is 10.3. The molecule has 1 aromatic rings. The predicted molar refractivity (Wildman–Crippen MR) is 87.5 cm³/mol. The van der Waals surface area contributed by atoms with E-state index in [0.717, 1.165) is 31.6 Å². The molecule has 3 aliphatic heterocycles. The monoisotopic (exact) mass is 285 g/mol. The average Bonchev–Trinajstić information content (AvgIpc) is 3.17. The Kier molecular flexibility index (Phi) is 3.52. The highest BCUT2D eigenvalue weighted by atomic mass is 15.4. The van der Waals surface area contributed by atoms with Crippen LogP contribution in [0.5, 0.6) is 0 Å². The number of nitrogens with one attached hydrogen (secondary N) is 1. The van der Waals surface area contributed by atoms with E-state index in [9.17, 15) is 0 Å². The van der Waals surface area contributed by atoms with Gasteiger partial charge in [0.1, 0.15) is 11.7 Å². The first kappa shape index (κ1) is 13.7. The molecule has 3 heteroatoms. The zero-order valence-electron chi connectivity index (χ0n) is 13.1. The molecule has 0 saturated carbocycles. The van der Waals surface area contributed by atoms with Gasteiger partial charge in [0.25, 0.3) is 0 Å². The van der Waals surface area contributed by atoms with Crippen molar-refractivity contribution in [2.45, 2.75) is 51.2 Å². The van der Waals surface area contributed by atoms with Gasteiger partial charge in [-0.2, -0.15) is 0 Å². The summed E-state index contributed by atoms with van der Waals surface area (Å²) in [6.45, 7) is 8.11. The molecule has 1 radical (unpaired) electrons. The van der Waals surface area contributed by atoms with Crippen LogP contribution < -0.4 is 15.1 Å². The summed E-state index contributed by atoms with van der Waals surface area (Å²) in [6, 6.07) is 8.85. The van der Waals surface area contributed by atoms with E-state index < -0.39 is 0 Å². The molecular formula is C18H27N3+. The number of hydrogen-bond donors (Lipinski definition) is 1. The lowest BCUT2D eigenvalue weighted by atomic mass is 9.97. The van der Waals surface area contributed by atoms with E-state index in [0.29, 0.717) is 0 Å². The van der Waals surface area contributed by atoms with Crippen molar-refractivity contribution in [1.29, 1.82) is 0 Å². The summed E-state index contributed by atoms with van der Waals surface area (Å²) in [5.41, 5.74) is 4.58. The standard InChI is InChI=1S/C18H27N3/c1-14-3-2-10-21(14,18-7-9-20-13-18)17-5-4-15-6-8-19-12-16(15)11-17/h4-5,11,14,18,20H,2-3,6-10,12-13H2,1H3/q+1/t14-,18-,21?/m0/s1. The molecule has 3 heterocycles. The van der Waals surface area contributed by atoms with Crippen molar-refractivity contribution in [3.8, 4) is 0 Å². The molecule has 3 atom stereocenters. The Bertz CT molecular complexity index is 521. The molecule has 0 aromatic heterocycles. The summed E-state index contributed by atoms with van der Waals surface area (Å²) < 4.78 is 1.22. The lowest BCUT2D eigenvalue weighted by Crippen LogP contribution is -2.59. The summed E-state index contributed by atoms with van der Waals surface area (Å²) in [5, 5.41) is 8.20. The zero-order chi connectivity index (χ0) is 14.3. The average molecular weight is 285 g/mol. The van der Waals surface area contributed by atoms with Gasteiger partial charge in [0, 0.05) is 51.5 Å². The molecule has 3 aliphatic rings. The molecule has 0 bridgehead atoms. The Morgan fingerprint density at radius 3 is 2.95 bits per heavy atom. The molecule has 3 nitrogen and oxygen atoms in total. The van der Waals surface area contributed by atoms with Crippen LogP contribution in [0.1, 0.15) is 37.3 Å². The van der Waals surface area contributed by atoms with Crippen molar-refractivity contribution in [1.82, 2.24) is 15.1 Å². The van der Waals surface area contributed by atoms with Crippen molar-refractivity contribution in [3.63, 3.8) is 0 Å². The van der Waals surface area contributed by atoms with Crippen molar-refractivity contribution in [3.05, 3.63) is 29.3 Å². The Balaban J connectivity index is 1.76. The van der Waals surface area contributed by atoms with Gasteiger partial charge in [0.05, 0.1) is 12.6 Å². The second kappa shape index (κ2) is 5.38. The largest absolute Gasteiger partial charge is 0.311 e. The maximum Gasteiger partial charge on any atom is 0.133 e. The van der Waals surface area contributed by atoms with Gasteiger partial charge in [-0.15, -0.1) is 0 Å². The van der Waals surface area contributed by atoms with E-state index in [4.69, 9.17) is 0 Å². The van der Waals surface area contributed by atoms with Crippen LogP contribution in [0.4, 0.5) is 5.69 Å². The van der Waals surface area contributed by atoms with Gasteiger partial charge < -0.3 is 5.32 Å². The second-order valence-electron chi connectivity index (χ2n) is 7.10. The Morgan fingerprint density at radius 1 is 1.24 bits per heavy atom. The fourth-order valence-corrected chi connectivity index (χ4v) is 4.93. The summed E-state index contributed by atoms with van der Waals surface area (Å²) in [4.78, 5) is 0. The van der Waals surface area contributed by atoms with E-state index in [1.54, 1.807) is 5.69 Å². The van der Waals surface area contributed by atoms with Gasteiger partial charge in [-0.1, -0.05) is 6.07 Å². The molecular weight excluding hydrogens is 258 g/mol. The van der Waals surface area contributed by atoms with Crippen LogP contribution >= 0.6 is 0 Å². The van der Waals surface area contributed by atoms with Crippen LogP contribution in [-0.4, -0.2) is 38.3 Å². The van der Waals surface area contributed by atoms with E-state index in [1.165, 1.54) is 54.5 Å². The number of likely N-dealkylation sites (tertiary alicyclic amines) is 1. The van der Waals surface area contributed by atoms with Crippen LogP contribution in [0.2, 0.25) is 0 Å². The Hall–Kier alpha value is -0.900. The van der Waals surface area contributed by atoms with Gasteiger partial charge >= 0.3 is 0 Å². The fraction of sp³-hybridized carbons (Fsp3) is 0.667. The number of fused-ring (bicyclic) bond motifs is 1. The van der Waals surface area contributed by atoms with Crippen LogP contribution in [0.25, 0.3) is 0 Å². The highest BCUT2D eigenvalue weighted by Gasteiger charge is 2.48. The first-order valence-corrected chi connectivity index (χ1v) is 8.64. The van der Waals surface area contributed by atoms with Gasteiger partial charge in [0.2, 0.25) is 0 Å². The summed E-state index contributed by atoms with van der Waals surface area (Å²) in [5.74, 6) is 0. The summed E-state index contributed by atoms with van der Waals surface area (Å²) in [7, 11) is 0. The molecule has 0 spiro atoms. The van der Waals surface area contributed by atoms with E-state index >= 15 is 0 Å². The van der Waals surface area contributed by atoms with Crippen molar-refractivity contribution >= 4 is 5.69 Å². The molecule has 1 unspecified atom stereocenters. The Labute approximate surface area is 128 Å². The highest BCUT2D eigenvalue weighted by molar-refractivity contribution is 5.51. The number of benzene rings is 1. The second-order valence-corrected chi connectivity index (χ2v) is 7.10. The Morgan fingerprint density at radius 2 is 2.19 bits per heavy atom. The minimum Gasteiger partial charge on any atom is -0.311 e. The molecule has 113 valence electrons. The van der Waals surface area contributed by atoms with Crippen LogP contribution in [0.15, 0.2) is 18.2 Å². The smallest absolute Gasteiger partial charge is 0.133 e. The summed E-state index contributed by atoms with van der Waals surface area (Å²) in [6.07, 6.45) is 5.21. The van der Waals surface area contributed by atoms with Gasteiger partial charge in [-0.25, -0.2) is 5.32 Å². The minimum absolute atomic E-state index is 0.758. The molecule has 2 fully saturated rings. The van der Waals surface area contributed by atoms with Crippen molar-refractivity contribution in [2.75, 3.05) is 26.2 Å². The molecule has 21 heavy (non-hydrogen) atoms. The third-order valence-electron chi connectivity index (χ3n) is 6.11. The number of quaternary nitrogens is 1. The van der Waals surface area contributed by atoms with E-state index in [-0.39, 0.29) is 0 Å². The lowest BCUT2D eigenvalue weighted by Gasteiger charge is -2.43. The molecule has 1 N–H and O–H groups in total. The predicted octanol–water partition coefficient (Wildman–Crippen LogP) is 2.20. The highest BCUT2D eigenvalue weighted by Crippen LogP contribution is 2.40. The number of rotatable bonds is 2. The van der Waals surface area contributed by atoms with Crippen molar-refractivity contribution in [2.24, 2.45) is 0 Å². The van der Waals surface area contributed by atoms with Gasteiger partial charge in [0.15, 0.2) is 0 Å². The molecule has 4 rings (SSSR count). The van der Waals surface area contributed by atoms with Gasteiger partial charge in [-0.3, -0.25) is 4.48 Å². The number of nitrogens with zero attached hydrogens (tertiary/aromatic N) is 2. The van der Waals surface area contributed by atoms with E-state index in [2.05, 4.69) is 35.8 Å². The fourth-order valence-electron chi connectivity index (χ4n) is 4.93. The third-order valence-corrected chi connectivity index (χ3v) is 6.11. The quantitative estimate of drug-likeness (QED) is 0.828.